The molecule has 2 aromatic carbocycles. The van der Waals surface area contributed by atoms with Crippen molar-refractivity contribution >= 4 is 44.4 Å². The number of nitrogens with one attached hydrogen (secondary N) is 1. The number of aryl methyl sites for hydroxylation is 1. The van der Waals surface area contributed by atoms with E-state index in [0.717, 1.165) is 57.9 Å². The number of ether oxygens (including phenoxy) is 1. The number of pyridine rings is 2. The number of aromatic nitrogens is 4. The zero-order chi connectivity index (χ0) is 24.2. The minimum Gasteiger partial charge on any atom is -0.384 e. The highest BCUT2D eigenvalue weighted by Gasteiger charge is 2.17. The molecule has 35 heavy (non-hydrogen) atoms. The third-order valence-corrected chi connectivity index (χ3v) is 6.20. The summed E-state index contributed by atoms with van der Waals surface area (Å²) in [6.07, 6.45) is 4.04. The lowest BCUT2D eigenvalue weighted by atomic mass is 10.1. The SMILES string of the molecule is COCCc1nc2c(N)nc3ccccc3c2n1CCCCNC(=O)c1nccc2ccccc12. The molecule has 1 amide bonds. The van der Waals surface area contributed by atoms with Crippen LogP contribution in [-0.2, 0) is 17.7 Å². The number of hydrogen-bond acceptors (Lipinski definition) is 6. The van der Waals surface area contributed by atoms with Crippen molar-refractivity contribution in [1.82, 2.24) is 24.8 Å². The molecule has 0 atom stereocenters. The van der Waals surface area contributed by atoms with E-state index in [1.54, 1.807) is 13.3 Å². The number of amides is 1. The fraction of sp³-hybridized carbons (Fsp3) is 0.259. The van der Waals surface area contributed by atoms with E-state index in [0.29, 0.717) is 31.1 Å². The Morgan fingerprint density at radius 2 is 1.83 bits per heavy atom. The van der Waals surface area contributed by atoms with Crippen molar-refractivity contribution in [2.45, 2.75) is 25.8 Å². The van der Waals surface area contributed by atoms with Gasteiger partial charge in [0.1, 0.15) is 17.0 Å². The van der Waals surface area contributed by atoms with Gasteiger partial charge in [0.2, 0.25) is 0 Å². The van der Waals surface area contributed by atoms with E-state index in [1.165, 1.54) is 0 Å². The molecule has 8 nitrogen and oxygen atoms in total. The van der Waals surface area contributed by atoms with Gasteiger partial charge in [-0.1, -0.05) is 42.5 Å². The lowest BCUT2D eigenvalue weighted by Gasteiger charge is -2.11. The van der Waals surface area contributed by atoms with Crippen LogP contribution in [0.25, 0.3) is 32.7 Å². The lowest BCUT2D eigenvalue weighted by Crippen LogP contribution is -2.25. The summed E-state index contributed by atoms with van der Waals surface area (Å²) in [6, 6.07) is 17.7. The number of methoxy groups -OCH3 is 1. The Morgan fingerprint density at radius 3 is 2.69 bits per heavy atom. The molecule has 5 rings (SSSR count). The van der Waals surface area contributed by atoms with Gasteiger partial charge in [0, 0.05) is 43.6 Å². The maximum Gasteiger partial charge on any atom is 0.270 e. The summed E-state index contributed by atoms with van der Waals surface area (Å²) < 4.78 is 7.53. The summed E-state index contributed by atoms with van der Waals surface area (Å²) in [7, 11) is 1.69. The zero-order valence-electron chi connectivity index (χ0n) is 19.7. The highest BCUT2D eigenvalue weighted by molar-refractivity contribution is 6.06. The first-order valence-corrected chi connectivity index (χ1v) is 11.8. The number of unbranched alkanes of at least 4 members (excludes halogenated alkanes) is 1. The molecule has 5 aromatic rings. The molecular formula is C27H28N6O2. The van der Waals surface area contributed by atoms with E-state index < -0.39 is 0 Å². The Balaban J connectivity index is 1.31. The molecular weight excluding hydrogens is 440 g/mol. The Morgan fingerprint density at radius 1 is 1.03 bits per heavy atom. The second kappa shape index (κ2) is 10.1. The summed E-state index contributed by atoms with van der Waals surface area (Å²) in [5.41, 5.74) is 9.31. The first-order chi connectivity index (χ1) is 17.2. The molecule has 3 aromatic heterocycles. The number of fused-ring (bicyclic) bond motifs is 4. The van der Waals surface area contributed by atoms with Crippen LogP contribution in [0.1, 0.15) is 29.2 Å². The number of carbonyl (C=O) groups is 1. The average molecular weight is 469 g/mol. The van der Waals surface area contributed by atoms with Crippen LogP contribution in [0.4, 0.5) is 5.82 Å². The van der Waals surface area contributed by atoms with Crippen molar-refractivity contribution in [3.63, 3.8) is 0 Å². The largest absolute Gasteiger partial charge is 0.384 e. The smallest absolute Gasteiger partial charge is 0.270 e. The minimum absolute atomic E-state index is 0.152. The van der Waals surface area contributed by atoms with E-state index >= 15 is 0 Å². The first kappa shape index (κ1) is 22.7. The Bertz CT molecular complexity index is 1510. The van der Waals surface area contributed by atoms with Crippen LogP contribution in [0.5, 0.6) is 0 Å². The number of hydrogen-bond donors (Lipinski definition) is 2. The highest BCUT2D eigenvalue weighted by atomic mass is 16.5. The molecule has 0 radical (unpaired) electrons. The van der Waals surface area contributed by atoms with Gasteiger partial charge < -0.3 is 20.4 Å². The van der Waals surface area contributed by atoms with Gasteiger partial charge in [-0.05, 0) is 30.4 Å². The number of nitrogens with zero attached hydrogens (tertiary/aromatic N) is 4. The van der Waals surface area contributed by atoms with E-state index in [2.05, 4.69) is 25.9 Å². The Hall–Kier alpha value is -4.04. The van der Waals surface area contributed by atoms with Gasteiger partial charge in [-0.25, -0.2) is 9.97 Å². The fourth-order valence-electron chi connectivity index (χ4n) is 4.51. The maximum absolute atomic E-state index is 12.8. The van der Waals surface area contributed by atoms with Crippen molar-refractivity contribution in [3.8, 4) is 0 Å². The fourth-order valence-corrected chi connectivity index (χ4v) is 4.51. The van der Waals surface area contributed by atoms with Crippen LogP contribution < -0.4 is 11.1 Å². The van der Waals surface area contributed by atoms with Gasteiger partial charge in [-0.2, -0.15) is 0 Å². The standard InChI is InChI=1S/C27H28N6O2/c1-35-17-13-22-32-24-25(20-10-4-5-11-21(20)31-26(24)28)33(22)16-7-6-14-30-27(34)23-19-9-3-2-8-18(19)12-15-29-23/h2-5,8-12,15H,6-7,13-14,16-17H2,1H3,(H2,28,31)(H,30,34). The van der Waals surface area contributed by atoms with Gasteiger partial charge in [0.15, 0.2) is 5.82 Å². The van der Waals surface area contributed by atoms with Crippen molar-refractivity contribution < 1.29 is 9.53 Å². The minimum atomic E-state index is -0.152. The summed E-state index contributed by atoms with van der Waals surface area (Å²) in [4.78, 5) is 26.4. The van der Waals surface area contributed by atoms with Crippen LogP contribution in [0.2, 0.25) is 0 Å². The monoisotopic (exact) mass is 468 g/mol. The number of rotatable bonds is 9. The molecule has 0 saturated heterocycles. The quantitative estimate of drug-likeness (QED) is 0.315. The number of anilines is 1. The van der Waals surface area contributed by atoms with E-state index in [1.807, 2.05) is 48.5 Å². The number of nitrogen functional groups attached to an aromatic ring is 1. The Kier molecular flexibility index (Phi) is 6.54. The zero-order valence-corrected chi connectivity index (χ0v) is 19.7. The molecule has 0 bridgehead atoms. The predicted octanol–water partition coefficient (Wildman–Crippen LogP) is 4.11. The lowest BCUT2D eigenvalue weighted by molar-refractivity contribution is 0.0949. The predicted molar refractivity (Wildman–Crippen MR) is 138 cm³/mol. The van der Waals surface area contributed by atoms with Gasteiger partial charge in [0.25, 0.3) is 5.91 Å². The molecule has 0 fully saturated rings. The van der Waals surface area contributed by atoms with Gasteiger partial charge in [0.05, 0.1) is 17.6 Å². The van der Waals surface area contributed by atoms with Crippen molar-refractivity contribution in [3.05, 3.63) is 72.3 Å². The Labute approximate surface area is 203 Å². The summed E-state index contributed by atoms with van der Waals surface area (Å²) >= 11 is 0. The molecule has 0 unspecified atom stereocenters. The van der Waals surface area contributed by atoms with Gasteiger partial charge in [-0.15, -0.1) is 0 Å². The molecule has 3 heterocycles. The molecule has 178 valence electrons. The summed E-state index contributed by atoms with van der Waals surface area (Å²) in [5.74, 6) is 1.21. The maximum atomic E-state index is 12.8. The number of imidazole rings is 1. The van der Waals surface area contributed by atoms with Crippen LogP contribution >= 0.6 is 0 Å². The first-order valence-electron chi connectivity index (χ1n) is 11.8. The number of nitrogens with two attached hydrogens (primary N) is 1. The van der Waals surface area contributed by atoms with Crippen LogP contribution in [0.15, 0.2) is 60.8 Å². The molecule has 0 aliphatic rings. The van der Waals surface area contributed by atoms with Crippen LogP contribution in [0, 0.1) is 0 Å². The van der Waals surface area contributed by atoms with E-state index in [-0.39, 0.29) is 5.91 Å². The number of para-hydroxylation sites is 1. The topological polar surface area (TPSA) is 108 Å². The van der Waals surface area contributed by atoms with Gasteiger partial charge in [-0.3, -0.25) is 9.78 Å². The second-order valence-electron chi connectivity index (χ2n) is 8.48. The van der Waals surface area contributed by atoms with Crippen molar-refractivity contribution in [1.29, 1.82) is 0 Å². The molecule has 0 aliphatic heterocycles. The molecule has 0 aliphatic carbocycles. The van der Waals surface area contributed by atoms with E-state index in [4.69, 9.17) is 15.5 Å². The summed E-state index contributed by atoms with van der Waals surface area (Å²) in [5, 5.41) is 5.91. The third kappa shape index (κ3) is 4.52. The van der Waals surface area contributed by atoms with Gasteiger partial charge >= 0.3 is 0 Å². The van der Waals surface area contributed by atoms with E-state index in [9.17, 15) is 4.79 Å². The average Bonchev–Trinajstić information content (AvgIpc) is 3.26. The molecule has 3 N–H and O–H groups in total. The van der Waals surface area contributed by atoms with Crippen molar-refractivity contribution in [2.75, 3.05) is 26.0 Å². The molecule has 0 spiro atoms. The highest BCUT2D eigenvalue weighted by Crippen LogP contribution is 2.29. The van der Waals surface area contributed by atoms with Crippen LogP contribution in [-0.4, -0.2) is 45.7 Å². The normalized spacial score (nSPS) is 11.5. The molecule has 8 heteroatoms. The number of benzene rings is 2. The number of carbonyl (C=O) groups excluding carboxylic acids is 1. The summed E-state index contributed by atoms with van der Waals surface area (Å²) in [6.45, 7) is 1.89. The van der Waals surface area contributed by atoms with Crippen molar-refractivity contribution in [2.24, 2.45) is 0 Å². The molecule has 0 saturated carbocycles. The third-order valence-electron chi connectivity index (χ3n) is 6.20. The van der Waals surface area contributed by atoms with Crippen LogP contribution in [0.3, 0.4) is 0 Å². The second-order valence-corrected chi connectivity index (χ2v) is 8.48.